The number of rotatable bonds is 10. The van der Waals surface area contributed by atoms with Crippen LogP contribution in [0.1, 0.15) is 0 Å². The summed E-state index contributed by atoms with van der Waals surface area (Å²) in [4.78, 5) is 20.7. The smallest absolute Gasteiger partial charge is 0.479 e. The Labute approximate surface area is 146 Å². The molecule has 0 amide bonds. The first-order valence-corrected chi connectivity index (χ1v) is 8.93. The minimum atomic E-state index is -3.19. The molecule has 0 heterocycles. The number of hydrogen-bond donors (Lipinski definition) is 6. The van der Waals surface area contributed by atoms with Crippen LogP contribution in [0.4, 0.5) is 0 Å². The average molecular weight is 422 g/mol. The lowest BCUT2D eigenvalue weighted by Crippen LogP contribution is -2.64. The van der Waals surface area contributed by atoms with Crippen molar-refractivity contribution in [2.45, 2.75) is 36.6 Å². The van der Waals surface area contributed by atoms with Gasteiger partial charge in [0.1, 0.15) is 24.4 Å². The maximum Gasteiger partial charge on any atom is 0.698 e. The molecular weight excluding hydrogens is 406 g/mol. The van der Waals surface area contributed by atoms with Gasteiger partial charge in [-0.1, -0.05) is 0 Å². The van der Waals surface area contributed by atoms with Crippen LogP contribution in [0.2, 0.25) is 0 Å². The summed E-state index contributed by atoms with van der Waals surface area (Å²) in [5.74, 6) is -2.98. The molecule has 1 rings (SSSR count). The van der Waals surface area contributed by atoms with E-state index in [0.29, 0.717) is 0 Å². The van der Waals surface area contributed by atoms with E-state index in [9.17, 15) is 39.1 Å². The van der Waals surface area contributed by atoms with Crippen molar-refractivity contribution in [1.29, 1.82) is 0 Å². The molecule has 2 unspecified atom stereocenters. The summed E-state index contributed by atoms with van der Waals surface area (Å²) in [5.41, 5.74) is 0. The van der Waals surface area contributed by atoms with E-state index in [1.807, 2.05) is 0 Å². The molecule has 1 fully saturated rings. The molecule has 0 aromatic rings. The van der Waals surface area contributed by atoms with E-state index < -0.39 is 78.3 Å². The minimum absolute atomic E-state index is 1.03. The monoisotopic (exact) mass is 422 g/mol. The first-order chi connectivity index (χ1) is 12.0. The van der Waals surface area contributed by atoms with Gasteiger partial charge in [-0.05, 0) is 0 Å². The Bertz CT molecular complexity index is 506. The quantitative estimate of drug-likeness (QED) is 0.204. The number of hydrogen-bond acceptors (Lipinski definition) is 12. The van der Waals surface area contributed by atoms with Gasteiger partial charge in [-0.3, -0.25) is 0 Å². The third-order valence-electron chi connectivity index (χ3n) is 3.05. The highest BCUT2D eigenvalue weighted by atomic mass is 31.1. The highest BCUT2D eigenvalue weighted by Gasteiger charge is 2.57. The topological polar surface area (TPSA) is 227 Å². The highest BCUT2D eigenvalue weighted by Crippen LogP contribution is 2.38. The summed E-state index contributed by atoms with van der Waals surface area (Å²) >= 11 is 0. The first kappa shape index (κ1) is 22.9. The van der Waals surface area contributed by atoms with Crippen LogP contribution in [0.5, 0.6) is 0 Å². The van der Waals surface area contributed by atoms with Gasteiger partial charge < -0.3 is 30.6 Å². The fraction of sp³-hybridized carbons (Fsp3) is 0.800. The maximum absolute atomic E-state index is 11.6. The number of aliphatic carboxylic acids is 2. The average Bonchev–Trinajstić information content (AvgIpc) is 2.57. The van der Waals surface area contributed by atoms with Crippen molar-refractivity contribution in [3.05, 3.63) is 0 Å². The molecule has 1 aliphatic carbocycles. The second kappa shape index (κ2) is 10.2. The van der Waals surface area contributed by atoms with Gasteiger partial charge in [0.25, 0.3) is 0 Å². The summed E-state index contributed by atoms with van der Waals surface area (Å²) in [7, 11) is -6.38. The van der Waals surface area contributed by atoms with Crippen LogP contribution >= 0.6 is 16.5 Å². The van der Waals surface area contributed by atoms with Crippen LogP contribution in [-0.2, 0) is 36.8 Å². The van der Waals surface area contributed by atoms with Crippen molar-refractivity contribution in [3.63, 3.8) is 0 Å². The summed E-state index contributed by atoms with van der Waals surface area (Å²) in [6.07, 6.45) is -11.8. The fourth-order valence-corrected chi connectivity index (χ4v) is 3.34. The van der Waals surface area contributed by atoms with E-state index in [1.54, 1.807) is 0 Å². The van der Waals surface area contributed by atoms with Crippen molar-refractivity contribution in [3.8, 4) is 0 Å². The molecule has 0 saturated heterocycles. The second-order valence-electron chi connectivity index (χ2n) is 4.88. The van der Waals surface area contributed by atoms with Crippen molar-refractivity contribution >= 4 is 28.4 Å². The molecule has 1 saturated carbocycles. The summed E-state index contributed by atoms with van der Waals surface area (Å²) in [5, 5.41) is 55.9. The van der Waals surface area contributed by atoms with Gasteiger partial charge in [-0.15, -0.1) is 18.1 Å². The van der Waals surface area contributed by atoms with Crippen molar-refractivity contribution < 1.29 is 67.5 Å². The largest absolute Gasteiger partial charge is 0.698 e. The highest BCUT2D eigenvalue weighted by molar-refractivity contribution is 7.33. The van der Waals surface area contributed by atoms with Gasteiger partial charge in [0.15, 0.2) is 12.2 Å². The second-order valence-corrected chi connectivity index (χ2v) is 6.72. The van der Waals surface area contributed by atoms with Crippen LogP contribution in [0.25, 0.3) is 0 Å². The minimum Gasteiger partial charge on any atom is -0.479 e. The van der Waals surface area contributed by atoms with Gasteiger partial charge in [0.2, 0.25) is 13.2 Å². The van der Waals surface area contributed by atoms with E-state index in [4.69, 9.17) is 19.3 Å². The van der Waals surface area contributed by atoms with Gasteiger partial charge in [-0.25, -0.2) is 9.59 Å². The van der Waals surface area contributed by atoms with E-state index >= 15 is 0 Å². The molecule has 0 aromatic heterocycles. The lowest BCUT2D eigenvalue weighted by atomic mass is 9.85. The lowest BCUT2D eigenvalue weighted by molar-refractivity contribution is -0.211. The van der Waals surface area contributed by atoms with Crippen molar-refractivity contribution in [1.82, 2.24) is 0 Å². The SMILES string of the molecule is O=C(O)CO[P+](=O)O[C@@H]1[C@@H](O)[C@H](O)[C@@H](O)[C@H](O)[C@@H]1O[P+](=O)OCC(=O)O. The zero-order chi connectivity index (χ0) is 20.0. The molecule has 0 radical (unpaired) electrons. The fourth-order valence-electron chi connectivity index (χ4n) is 1.90. The van der Waals surface area contributed by atoms with Crippen molar-refractivity contribution in [2.75, 3.05) is 13.2 Å². The number of carboxylic acids is 2. The Hall–Kier alpha value is -1.18. The van der Waals surface area contributed by atoms with Crippen LogP contribution in [0.15, 0.2) is 0 Å². The Balaban J connectivity index is 2.87. The Morgan fingerprint density at radius 3 is 1.27 bits per heavy atom. The lowest BCUT2D eigenvalue weighted by Gasteiger charge is -2.38. The van der Waals surface area contributed by atoms with E-state index in [0.717, 1.165) is 0 Å². The summed E-state index contributed by atoms with van der Waals surface area (Å²) in [6, 6.07) is 0. The van der Waals surface area contributed by atoms with Gasteiger partial charge in [0, 0.05) is 9.13 Å². The zero-order valence-corrected chi connectivity index (χ0v) is 14.5. The number of aliphatic hydroxyl groups is 4. The molecule has 0 bridgehead atoms. The third kappa shape index (κ3) is 6.52. The molecule has 0 aromatic carbocycles. The summed E-state index contributed by atoms with van der Waals surface area (Å²) in [6.45, 7) is -2.07. The van der Waals surface area contributed by atoms with Crippen LogP contribution in [0, 0.1) is 0 Å². The predicted octanol–water partition coefficient (Wildman–Crippen LogP) is -2.27. The summed E-state index contributed by atoms with van der Waals surface area (Å²) < 4.78 is 41.1. The van der Waals surface area contributed by atoms with Crippen LogP contribution in [0.3, 0.4) is 0 Å². The standard InChI is InChI=1S/C10H14O14P2/c11-3(12)1-21-25(19)23-9-7(17)5(15)6(16)8(18)10(9)24-26(20)22-2-4(13)14/h5-10,15-18H,1-2H2/p+2/t5-,6-,7+,8+,9-,10+/m1/s1. The predicted molar refractivity (Wildman–Crippen MR) is 76.2 cm³/mol. The Morgan fingerprint density at radius 1 is 0.692 bits per heavy atom. The molecule has 14 nitrogen and oxygen atoms in total. The van der Waals surface area contributed by atoms with Crippen LogP contribution < -0.4 is 0 Å². The Morgan fingerprint density at radius 2 is 1.00 bits per heavy atom. The number of carboxylic acid groups (broad SMARTS) is 2. The first-order valence-electron chi connectivity index (χ1n) is 6.74. The Kier molecular flexibility index (Phi) is 9.00. The number of carbonyl (C=O) groups is 2. The zero-order valence-electron chi connectivity index (χ0n) is 12.7. The molecular formula is C10H16O14P2+2. The van der Waals surface area contributed by atoms with Gasteiger partial charge in [0.05, 0.1) is 0 Å². The third-order valence-corrected chi connectivity index (χ3v) is 4.56. The molecule has 0 spiro atoms. The maximum atomic E-state index is 11.6. The molecule has 16 heteroatoms. The molecule has 6 N–H and O–H groups in total. The molecule has 0 aliphatic heterocycles. The van der Waals surface area contributed by atoms with Crippen LogP contribution in [-0.4, -0.2) is 92.4 Å². The van der Waals surface area contributed by atoms with E-state index in [2.05, 4.69) is 9.05 Å². The van der Waals surface area contributed by atoms with E-state index in [1.165, 1.54) is 0 Å². The number of aliphatic hydroxyl groups excluding tert-OH is 4. The normalized spacial score (nSPS) is 32.8. The van der Waals surface area contributed by atoms with E-state index in [-0.39, 0.29) is 0 Å². The molecule has 26 heavy (non-hydrogen) atoms. The molecule has 8 atom stereocenters. The van der Waals surface area contributed by atoms with Gasteiger partial charge in [-0.2, -0.15) is 0 Å². The van der Waals surface area contributed by atoms with Crippen molar-refractivity contribution in [2.24, 2.45) is 0 Å². The van der Waals surface area contributed by atoms with Gasteiger partial charge >= 0.3 is 28.4 Å². The molecule has 1 aliphatic rings. The molecule has 148 valence electrons.